The van der Waals surface area contributed by atoms with Crippen LogP contribution in [0.15, 0.2) is 24.3 Å². The molecule has 108 valence electrons. The molecule has 0 aliphatic rings. The first-order valence-corrected chi connectivity index (χ1v) is 7.34. The number of anilines is 1. The monoisotopic (exact) mass is 296 g/mol. The number of nitrogens with one attached hydrogen (secondary N) is 2. The number of benzene rings is 1. The van der Waals surface area contributed by atoms with Gasteiger partial charge in [-0.1, -0.05) is 12.1 Å². The summed E-state index contributed by atoms with van der Waals surface area (Å²) in [7, 11) is -3.41. The first-order chi connectivity index (χ1) is 8.57. The number of halogens is 3. The third-order valence-electron chi connectivity index (χ3n) is 2.30. The van der Waals surface area contributed by atoms with E-state index in [4.69, 9.17) is 0 Å². The lowest BCUT2D eigenvalue weighted by Gasteiger charge is -2.16. The van der Waals surface area contributed by atoms with Crippen LogP contribution in [0.3, 0.4) is 0 Å². The molecular formula is C11H15F3N2O2S. The average Bonchev–Trinajstić information content (AvgIpc) is 2.23. The van der Waals surface area contributed by atoms with Crippen molar-refractivity contribution in [2.45, 2.75) is 19.1 Å². The topological polar surface area (TPSA) is 58.2 Å². The standard InChI is InChI=1S/C11H15F3N2O2S/c1-8(15-7-11(12,13)14)9-4-3-5-10(6-9)16-19(2,17)18/h3-6,8,15-16H,7H2,1-2H3/t8-/m0/s1. The fourth-order valence-corrected chi connectivity index (χ4v) is 2.03. The Morgan fingerprint density at radius 3 is 2.47 bits per heavy atom. The van der Waals surface area contributed by atoms with Crippen molar-refractivity contribution in [2.24, 2.45) is 0 Å². The SMILES string of the molecule is C[C@H](NCC(F)(F)F)c1cccc(NS(C)(=O)=O)c1. The summed E-state index contributed by atoms with van der Waals surface area (Å²) in [6.07, 6.45) is -3.28. The van der Waals surface area contributed by atoms with Gasteiger partial charge in [-0.15, -0.1) is 0 Å². The summed E-state index contributed by atoms with van der Waals surface area (Å²) in [5, 5.41) is 2.33. The molecule has 0 saturated heterocycles. The van der Waals surface area contributed by atoms with Crippen molar-refractivity contribution in [3.63, 3.8) is 0 Å². The van der Waals surface area contributed by atoms with E-state index >= 15 is 0 Å². The van der Waals surface area contributed by atoms with Crippen LogP contribution in [-0.4, -0.2) is 27.4 Å². The molecule has 1 rings (SSSR count). The Balaban J connectivity index is 2.76. The minimum Gasteiger partial charge on any atom is -0.302 e. The highest BCUT2D eigenvalue weighted by Crippen LogP contribution is 2.20. The lowest BCUT2D eigenvalue weighted by Crippen LogP contribution is -2.30. The molecule has 0 aliphatic carbocycles. The summed E-state index contributed by atoms with van der Waals surface area (Å²) in [5.74, 6) is 0. The van der Waals surface area contributed by atoms with Gasteiger partial charge in [0.15, 0.2) is 0 Å². The van der Waals surface area contributed by atoms with E-state index in [2.05, 4.69) is 10.0 Å². The predicted octanol–water partition coefficient (Wildman–Crippen LogP) is 2.27. The molecule has 4 nitrogen and oxygen atoms in total. The molecule has 0 fully saturated rings. The first-order valence-electron chi connectivity index (χ1n) is 5.45. The van der Waals surface area contributed by atoms with E-state index < -0.39 is 28.8 Å². The molecule has 0 saturated carbocycles. The summed E-state index contributed by atoms with van der Waals surface area (Å²) in [4.78, 5) is 0. The van der Waals surface area contributed by atoms with Gasteiger partial charge in [0.05, 0.1) is 12.8 Å². The van der Waals surface area contributed by atoms with Gasteiger partial charge in [0.25, 0.3) is 0 Å². The molecule has 1 aromatic carbocycles. The molecule has 0 aliphatic heterocycles. The van der Waals surface area contributed by atoms with Gasteiger partial charge in [-0.05, 0) is 24.6 Å². The van der Waals surface area contributed by atoms with Crippen molar-refractivity contribution in [3.8, 4) is 0 Å². The molecule has 0 heterocycles. The van der Waals surface area contributed by atoms with E-state index in [1.54, 1.807) is 19.1 Å². The average molecular weight is 296 g/mol. The van der Waals surface area contributed by atoms with E-state index in [9.17, 15) is 21.6 Å². The van der Waals surface area contributed by atoms with Gasteiger partial charge < -0.3 is 5.32 Å². The minimum absolute atomic E-state index is 0.320. The van der Waals surface area contributed by atoms with Crippen molar-refractivity contribution >= 4 is 15.7 Å². The zero-order valence-corrected chi connectivity index (χ0v) is 11.3. The van der Waals surface area contributed by atoms with Crippen LogP contribution in [-0.2, 0) is 10.0 Å². The second-order valence-corrected chi connectivity index (χ2v) is 5.97. The highest BCUT2D eigenvalue weighted by atomic mass is 32.2. The van der Waals surface area contributed by atoms with Crippen molar-refractivity contribution in [1.29, 1.82) is 0 Å². The van der Waals surface area contributed by atoms with Gasteiger partial charge >= 0.3 is 6.18 Å². The number of sulfonamides is 1. The summed E-state index contributed by atoms with van der Waals surface area (Å²) in [5.41, 5.74) is 0.888. The first kappa shape index (κ1) is 15.8. The Morgan fingerprint density at radius 2 is 1.95 bits per heavy atom. The van der Waals surface area contributed by atoms with Gasteiger partial charge in [0, 0.05) is 11.7 Å². The fraction of sp³-hybridized carbons (Fsp3) is 0.455. The largest absolute Gasteiger partial charge is 0.401 e. The van der Waals surface area contributed by atoms with Crippen LogP contribution < -0.4 is 10.0 Å². The van der Waals surface area contributed by atoms with Gasteiger partial charge in [-0.2, -0.15) is 13.2 Å². The van der Waals surface area contributed by atoms with Crippen LogP contribution in [0, 0.1) is 0 Å². The molecule has 0 radical (unpaired) electrons. The highest BCUT2D eigenvalue weighted by Gasteiger charge is 2.27. The van der Waals surface area contributed by atoms with Crippen LogP contribution in [0.1, 0.15) is 18.5 Å². The summed E-state index contributed by atoms with van der Waals surface area (Å²) >= 11 is 0. The molecule has 0 aromatic heterocycles. The summed E-state index contributed by atoms with van der Waals surface area (Å²) in [6, 6.07) is 5.69. The number of alkyl halides is 3. The van der Waals surface area contributed by atoms with Gasteiger partial charge in [-0.25, -0.2) is 8.42 Å². The van der Waals surface area contributed by atoms with E-state index in [1.165, 1.54) is 12.1 Å². The zero-order valence-electron chi connectivity index (χ0n) is 10.5. The maximum atomic E-state index is 12.1. The minimum atomic E-state index is -4.28. The van der Waals surface area contributed by atoms with E-state index in [0.29, 0.717) is 11.3 Å². The van der Waals surface area contributed by atoms with Crippen molar-refractivity contribution < 1.29 is 21.6 Å². The van der Waals surface area contributed by atoms with Crippen LogP contribution in [0.25, 0.3) is 0 Å². The van der Waals surface area contributed by atoms with E-state index in [0.717, 1.165) is 6.26 Å². The highest BCUT2D eigenvalue weighted by molar-refractivity contribution is 7.92. The van der Waals surface area contributed by atoms with Crippen molar-refractivity contribution in [3.05, 3.63) is 29.8 Å². The van der Waals surface area contributed by atoms with Crippen LogP contribution in [0.4, 0.5) is 18.9 Å². The van der Waals surface area contributed by atoms with Crippen LogP contribution in [0.2, 0.25) is 0 Å². The zero-order chi connectivity index (χ0) is 14.7. The maximum absolute atomic E-state index is 12.1. The molecule has 19 heavy (non-hydrogen) atoms. The Bertz CT molecular complexity index is 529. The molecule has 1 atom stereocenters. The molecule has 1 aromatic rings. The number of hydrogen-bond acceptors (Lipinski definition) is 3. The third-order valence-corrected chi connectivity index (χ3v) is 2.91. The number of rotatable bonds is 5. The van der Waals surface area contributed by atoms with E-state index in [-0.39, 0.29) is 0 Å². The lowest BCUT2D eigenvalue weighted by molar-refractivity contribution is -0.126. The normalized spacial score (nSPS) is 14.2. The van der Waals surface area contributed by atoms with Gasteiger partial charge in [0.1, 0.15) is 0 Å². The quantitative estimate of drug-likeness (QED) is 0.876. The molecule has 0 amide bonds. The van der Waals surface area contributed by atoms with E-state index in [1.807, 2.05) is 0 Å². The van der Waals surface area contributed by atoms with Gasteiger partial charge in [-0.3, -0.25) is 4.72 Å². The molecule has 2 N–H and O–H groups in total. The predicted molar refractivity (Wildman–Crippen MR) is 67.4 cm³/mol. The molecular weight excluding hydrogens is 281 g/mol. The summed E-state index contributed by atoms with van der Waals surface area (Å²) in [6.45, 7) is 0.475. The molecule has 8 heteroatoms. The smallest absolute Gasteiger partial charge is 0.302 e. The Labute approximate surface area is 110 Å². The van der Waals surface area contributed by atoms with Crippen LogP contribution >= 0.6 is 0 Å². The fourth-order valence-electron chi connectivity index (χ4n) is 1.47. The third kappa shape index (κ3) is 6.44. The second-order valence-electron chi connectivity index (χ2n) is 4.22. The lowest BCUT2D eigenvalue weighted by atomic mass is 10.1. The second kappa shape index (κ2) is 5.79. The van der Waals surface area contributed by atoms with Crippen molar-refractivity contribution in [2.75, 3.05) is 17.5 Å². The maximum Gasteiger partial charge on any atom is 0.401 e. The van der Waals surface area contributed by atoms with Crippen LogP contribution in [0.5, 0.6) is 0 Å². The molecule has 0 unspecified atom stereocenters. The Hall–Kier alpha value is -1.28. The molecule has 0 bridgehead atoms. The van der Waals surface area contributed by atoms with Gasteiger partial charge in [0.2, 0.25) is 10.0 Å². The molecule has 0 spiro atoms. The Kier molecular flexibility index (Phi) is 4.81. The number of hydrogen-bond donors (Lipinski definition) is 2. The summed E-state index contributed by atoms with van der Waals surface area (Å²) < 4.78 is 60.6. The van der Waals surface area contributed by atoms with Crippen molar-refractivity contribution in [1.82, 2.24) is 5.32 Å². The Morgan fingerprint density at radius 1 is 1.32 bits per heavy atom.